The summed E-state index contributed by atoms with van der Waals surface area (Å²) in [6.45, 7) is 0. The predicted molar refractivity (Wildman–Crippen MR) is 57.9 cm³/mol. The van der Waals surface area contributed by atoms with Crippen LogP contribution in [0.25, 0.3) is 0 Å². The lowest BCUT2D eigenvalue weighted by atomic mass is 9.95. The van der Waals surface area contributed by atoms with Gasteiger partial charge in [0.25, 0.3) is 0 Å². The summed E-state index contributed by atoms with van der Waals surface area (Å²) in [4.78, 5) is 11.2. The molecule has 0 saturated heterocycles. The second-order valence-electron chi connectivity index (χ2n) is 3.62. The predicted octanol–water partition coefficient (Wildman–Crippen LogP) is 1.69. The molecule has 0 radical (unpaired) electrons. The summed E-state index contributed by atoms with van der Waals surface area (Å²) in [6, 6.07) is 2.16. The van der Waals surface area contributed by atoms with E-state index in [2.05, 4.69) is 11.6 Å². The second-order valence-corrected chi connectivity index (χ2v) is 4.76. The van der Waals surface area contributed by atoms with Crippen LogP contribution < -0.4 is 5.32 Å². The van der Waals surface area contributed by atoms with Crippen molar-refractivity contribution in [1.82, 2.24) is 5.32 Å². The van der Waals surface area contributed by atoms with E-state index in [0.717, 1.165) is 12.8 Å². The van der Waals surface area contributed by atoms with E-state index >= 15 is 0 Å². The van der Waals surface area contributed by atoms with Crippen LogP contribution in [-0.4, -0.2) is 23.5 Å². The SMILES string of the molecule is CSC1CCCC(NC(=O)CC#N)C1. The van der Waals surface area contributed by atoms with Crippen LogP contribution in [0.4, 0.5) is 0 Å². The van der Waals surface area contributed by atoms with Crippen LogP contribution in [0.2, 0.25) is 0 Å². The smallest absolute Gasteiger partial charge is 0.234 e. The lowest BCUT2D eigenvalue weighted by Crippen LogP contribution is -2.38. The number of amides is 1. The number of nitriles is 1. The Morgan fingerprint density at radius 1 is 1.64 bits per heavy atom. The molecule has 1 aliphatic rings. The summed E-state index contributed by atoms with van der Waals surface area (Å²) in [5.41, 5.74) is 0. The van der Waals surface area contributed by atoms with Crippen LogP contribution >= 0.6 is 11.8 Å². The Bertz CT molecular complexity index is 237. The van der Waals surface area contributed by atoms with Gasteiger partial charge in [0.1, 0.15) is 6.42 Å². The highest BCUT2D eigenvalue weighted by Gasteiger charge is 2.22. The van der Waals surface area contributed by atoms with Crippen LogP contribution in [0.1, 0.15) is 32.1 Å². The van der Waals surface area contributed by atoms with Gasteiger partial charge in [0.15, 0.2) is 0 Å². The van der Waals surface area contributed by atoms with E-state index in [-0.39, 0.29) is 12.3 Å². The third-order valence-corrected chi connectivity index (χ3v) is 3.66. The van der Waals surface area contributed by atoms with Crippen molar-refractivity contribution in [1.29, 1.82) is 5.26 Å². The molecule has 0 aromatic heterocycles. The first-order chi connectivity index (χ1) is 6.76. The Labute approximate surface area is 89.2 Å². The number of rotatable bonds is 3. The number of thioether (sulfide) groups is 1. The maximum Gasteiger partial charge on any atom is 0.234 e. The molecular formula is C10H16N2OS. The summed E-state index contributed by atoms with van der Waals surface area (Å²) in [5, 5.41) is 11.9. The van der Waals surface area contributed by atoms with Crippen molar-refractivity contribution < 1.29 is 4.79 Å². The minimum Gasteiger partial charge on any atom is -0.352 e. The second kappa shape index (κ2) is 5.92. The highest BCUT2D eigenvalue weighted by Crippen LogP contribution is 2.26. The first kappa shape index (κ1) is 11.4. The van der Waals surface area contributed by atoms with E-state index in [1.54, 1.807) is 0 Å². The molecule has 0 heterocycles. The minimum absolute atomic E-state index is 0.0135. The highest BCUT2D eigenvalue weighted by molar-refractivity contribution is 7.99. The third kappa shape index (κ3) is 3.59. The molecule has 2 atom stereocenters. The van der Waals surface area contributed by atoms with Crippen LogP contribution in [0.15, 0.2) is 0 Å². The van der Waals surface area contributed by atoms with E-state index in [0.29, 0.717) is 11.3 Å². The van der Waals surface area contributed by atoms with Crippen LogP contribution in [0.3, 0.4) is 0 Å². The van der Waals surface area contributed by atoms with E-state index in [1.807, 2.05) is 17.8 Å². The van der Waals surface area contributed by atoms with Gasteiger partial charge in [-0.05, 0) is 25.5 Å². The van der Waals surface area contributed by atoms with Gasteiger partial charge < -0.3 is 5.32 Å². The first-order valence-electron chi connectivity index (χ1n) is 4.95. The molecule has 0 aromatic rings. The van der Waals surface area contributed by atoms with Gasteiger partial charge in [0.05, 0.1) is 6.07 Å². The number of carbonyl (C=O) groups is 1. The fourth-order valence-electron chi connectivity index (χ4n) is 1.84. The normalized spacial score (nSPS) is 26.6. The van der Waals surface area contributed by atoms with Crippen LogP contribution in [0, 0.1) is 11.3 Å². The maximum absolute atomic E-state index is 11.2. The topological polar surface area (TPSA) is 52.9 Å². The minimum atomic E-state index is -0.126. The Morgan fingerprint density at radius 3 is 3.07 bits per heavy atom. The first-order valence-corrected chi connectivity index (χ1v) is 6.24. The zero-order valence-electron chi connectivity index (χ0n) is 8.45. The summed E-state index contributed by atoms with van der Waals surface area (Å²) in [7, 11) is 0. The lowest BCUT2D eigenvalue weighted by Gasteiger charge is -2.28. The largest absolute Gasteiger partial charge is 0.352 e. The van der Waals surface area contributed by atoms with E-state index < -0.39 is 0 Å². The monoisotopic (exact) mass is 212 g/mol. The van der Waals surface area contributed by atoms with Crippen molar-refractivity contribution in [3.63, 3.8) is 0 Å². The van der Waals surface area contributed by atoms with Crippen LogP contribution in [-0.2, 0) is 4.79 Å². The molecule has 2 unspecified atom stereocenters. The maximum atomic E-state index is 11.2. The Hall–Kier alpha value is -0.690. The van der Waals surface area contributed by atoms with Crippen molar-refractivity contribution >= 4 is 17.7 Å². The zero-order chi connectivity index (χ0) is 10.4. The molecule has 4 heteroatoms. The van der Waals surface area contributed by atoms with Gasteiger partial charge in [-0.1, -0.05) is 6.42 Å². The Balaban J connectivity index is 2.30. The molecule has 3 nitrogen and oxygen atoms in total. The van der Waals surface area contributed by atoms with E-state index in [4.69, 9.17) is 5.26 Å². The number of nitrogens with one attached hydrogen (secondary N) is 1. The van der Waals surface area contributed by atoms with Gasteiger partial charge in [0.2, 0.25) is 5.91 Å². The molecule has 0 spiro atoms. The quantitative estimate of drug-likeness (QED) is 0.774. The van der Waals surface area contributed by atoms with Crippen molar-refractivity contribution in [2.24, 2.45) is 0 Å². The fraction of sp³-hybridized carbons (Fsp3) is 0.800. The third-order valence-electron chi connectivity index (χ3n) is 2.56. The molecule has 1 fully saturated rings. The van der Waals surface area contributed by atoms with E-state index in [9.17, 15) is 4.79 Å². The van der Waals surface area contributed by atoms with Gasteiger partial charge in [-0.3, -0.25) is 4.79 Å². The highest BCUT2D eigenvalue weighted by atomic mass is 32.2. The van der Waals surface area contributed by atoms with Gasteiger partial charge in [0, 0.05) is 11.3 Å². The van der Waals surface area contributed by atoms with Gasteiger partial charge in [-0.15, -0.1) is 0 Å². The average Bonchev–Trinajstić information content (AvgIpc) is 2.18. The van der Waals surface area contributed by atoms with E-state index in [1.165, 1.54) is 12.8 Å². The number of nitrogens with zero attached hydrogens (tertiary/aromatic N) is 1. The standard InChI is InChI=1S/C10H16N2OS/c1-14-9-4-2-3-8(7-9)12-10(13)5-6-11/h8-9H,2-5,7H2,1H3,(H,12,13). The average molecular weight is 212 g/mol. The van der Waals surface area contributed by atoms with Crippen molar-refractivity contribution in [2.45, 2.75) is 43.4 Å². The van der Waals surface area contributed by atoms with Crippen LogP contribution in [0.5, 0.6) is 0 Å². The molecule has 1 aliphatic carbocycles. The number of hydrogen-bond acceptors (Lipinski definition) is 3. The summed E-state index contributed by atoms with van der Waals surface area (Å²) in [5.74, 6) is -0.126. The fourth-order valence-corrected chi connectivity index (χ4v) is 2.67. The molecular weight excluding hydrogens is 196 g/mol. The van der Waals surface area contributed by atoms with Crippen molar-refractivity contribution in [2.75, 3.05) is 6.26 Å². The molecule has 1 saturated carbocycles. The summed E-state index contributed by atoms with van der Waals surface area (Å²) in [6.07, 6.45) is 6.66. The molecule has 78 valence electrons. The van der Waals surface area contributed by atoms with Crippen molar-refractivity contribution in [3.05, 3.63) is 0 Å². The Kier molecular flexibility index (Phi) is 4.81. The molecule has 0 aromatic carbocycles. The van der Waals surface area contributed by atoms with Gasteiger partial charge >= 0.3 is 0 Å². The van der Waals surface area contributed by atoms with Crippen molar-refractivity contribution in [3.8, 4) is 6.07 Å². The molecule has 0 bridgehead atoms. The molecule has 14 heavy (non-hydrogen) atoms. The lowest BCUT2D eigenvalue weighted by molar-refractivity contribution is -0.121. The molecule has 1 N–H and O–H groups in total. The van der Waals surface area contributed by atoms with Gasteiger partial charge in [-0.2, -0.15) is 17.0 Å². The number of carbonyl (C=O) groups excluding carboxylic acids is 1. The van der Waals surface area contributed by atoms with Gasteiger partial charge in [-0.25, -0.2) is 0 Å². The summed E-state index contributed by atoms with van der Waals surface area (Å²) < 4.78 is 0. The molecule has 0 aliphatic heterocycles. The summed E-state index contributed by atoms with van der Waals surface area (Å²) >= 11 is 1.87. The zero-order valence-corrected chi connectivity index (χ0v) is 9.27. The Morgan fingerprint density at radius 2 is 2.43 bits per heavy atom. The number of hydrogen-bond donors (Lipinski definition) is 1. The molecule has 1 amide bonds. The molecule has 1 rings (SSSR count).